The van der Waals surface area contributed by atoms with Crippen LogP contribution < -0.4 is 5.32 Å². The Morgan fingerprint density at radius 2 is 2.17 bits per heavy atom. The van der Waals surface area contributed by atoms with Crippen LogP contribution >= 0.6 is 0 Å². The lowest BCUT2D eigenvalue weighted by Crippen LogP contribution is -2.18. The van der Waals surface area contributed by atoms with Crippen molar-refractivity contribution in [3.8, 4) is 0 Å². The maximum Gasteiger partial charge on any atom is 0.0534 e. The van der Waals surface area contributed by atoms with E-state index in [1.807, 2.05) is 30.3 Å². The van der Waals surface area contributed by atoms with Crippen molar-refractivity contribution in [2.75, 3.05) is 0 Å². The van der Waals surface area contributed by atoms with Crippen LogP contribution in [0.4, 0.5) is 0 Å². The quantitative estimate of drug-likeness (QED) is 0.848. The average Bonchev–Trinajstić information content (AvgIpc) is 2.98. The zero-order valence-electron chi connectivity index (χ0n) is 11.3. The van der Waals surface area contributed by atoms with Crippen LogP contribution in [0.25, 0.3) is 0 Å². The number of nitrogens with zero attached hydrogens (tertiary/aromatic N) is 4. The Morgan fingerprint density at radius 1 is 1.33 bits per heavy atom. The molecule has 2 rings (SSSR count). The molecule has 0 aliphatic heterocycles. The largest absolute Gasteiger partial charge is 0.307 e. The fraction of sp³-hybridized carbons (Fsp3) is 0.538. The molecule has 0 saturated carbocycles. The Kier molecular flexibility index (Phi) is 4.15. The van der Waals surface area contributed by atoms with Crippen molar-refractivity contribution in [1.82, 2.24) is 24.9 Å². The van der Waals surface area contributed by atoms with Crippen LogP contribution in [0, 0.1) is 0 Å². The molecule has 0 aliphatic rings. The van der Waals surface area contributed by atoms with Gasteiger partial charge in [-0.1, -0.05) is 6.92 Å². The molecule has 2 aromatic rings. The highest BCUT2D eigenvalue weighted by Crippen LogP contribution is 2.12. The van der Waals surface area contributed by atoms with Crippen molar-refractivity contribution in [3.05, 3.63) is 35.9 Å². The summed E-state index contributed by atoms with van der Waals surface area (Å²) in [5, 5.41) is 11.9. The molecule has 1 unspecified atom stereocenters. The molecular weight excluding hydrogens is 226 g/mol. The van der Waals surface area contributed by atoms with Gasteiger partial charge in [0.25, 0.3) is 0 Å². The molecule has 1 atom stereocenters. The topological polar surface area (TPSA) is 47.7 Å². The van der Waals surface area contributed by atoms with E-state index in [1.54, 1.807) is 0 Å². The average molecular weight is 247 g/mol. The maximum atomic E-state index is 4.38. The van der Waals surface area contributed by atoms with Crippen molar-refractivity contribution >= 4 is 0 Å². The van der Waals surface area contributed by atoms with E-state index in [2.05, 4.69) is 40.1 Å². The molecule has 2 aromatic heterocycles. The van der Waals surface area contributed by atoms with Gasteiger partial charge >= 0.3 is 0 Å². The lowest BCUT2D eigenvalue weighted by molar-refractivity contribution is 0.451. The first-order valence-electron chi connectivity index (χ1n) is 6.41. The number of nitrogens with one attached hydrogen (secondary N) is 1. The molecule has 2 heterocycles. The Bertz CT molecular complexity index is 485. The first kappa shape index (κ1) is 12.8. The van der Waals surface area contributed by atoms with Gasteiger partial charge < -0.3 is 5.32 Å². The van der Waals surface area contributed by atoms with Crippen molar-refractivity contribution in [2.24, 2.45) is 7.05 Å². The highest BCUT2D eigenvalue weighted by Gasteiger charge is 2.07. The van der Waals surface area contributed by atoms with E-state index in [9.17, 15) is 0 Å². The van der Waals surface area contributed by atoms with E-state index in [0.29, 0.717) is 6.04 Å². The highest BCUT2D eigenvalue weighted by atomic mass is 15.3. The van der Waals surface area contributed by atoms with E-state index in [-0.39, 0.29) is 0 Å². The van der Waals surface area contributed by atoms with Gasteiger partial charge in [-0.3, -0.25) is 9.36 Å². The van der Waals surface area contributed by atoms with Crippen LogP contribution in [0.5, 0.6) is 0 Å². The Balaban J connectivity index is 1.88. The number of hydrogen-bond donors (Lipinski definition) is 1. The minimum absolute atomic E-state index is 0.454. The van der Waals surface area contributed by atoms with Crippen LogP contribution in [0.15, 0.2) is 24.7 Å². The van der Waals surface area contributed by atoms with Crippen LogP contribution in [-0.4, -0.2) is 19.6 Å². The number of rotatable bonds is 6. The molecule has 18 heavy (non-hydrogen) atoms. The first-order valence-corrected chi connectivity index (χ1v) is 6.41. The predicted octanol–water partition coefficient (Wildman–Crippen LogP) is 1.88. The zero-order chi connectivity index (χ0) is 13.0. The summed E-state index contributed by atoms with van der Waals surface area (Å²) in [5.74, 6) is 0. The second-order valence-corrected chi connectivity index (χ2v) is 4.65. The van der Waals surface area contributed by atoms with Gasteiger partial charge in [0, 0.05) is 44.1 Å². The molecule has 0 bridgehead atoms. The van der Waals surface area contributed by atoms with Gasteiger partial charge in [-0.2, -0.15) is 10.2 Å². The summed E-state index contributed by atoms with van der Waals surface area (Å²) in [6, 6.07) is 2.53. The van der Waals surface area contributed by atoms with Crippen LogP contribution in [0.3, 0.4) is 0 Å². The van der Waals surface area contributed by atoms with Crippen molar-refractivity contribution < 1.29 is 0 Å². The van der Waals surface area contributed by atoms with Crippen molar-refractivity contribution in [1.29, 1.82) is 0 Å². The van der Waals surface area contributed by atoms with Gasteiger partial charge in [-0.25, -0.2) is 0 Å². The Morgan fingerprint density at radius 3 is 2.83 bits per heavy atom. The molecule has 0 amide bonds. The van der Waals surface area contributed by atoms with Crippen molar-refractivity contribution in [2.45, 2.75) is 39.4 Å². The molecule has 5 heteroatoms. The summed E-state index contributed by atoms with van der Waals surface area (Å²) >= 11 is 0. The monoisotopic (exact) mass is 247 g/mol. The van der Waals surface area contributed by atoms with Gasteiger partial charge in [-0.05, 0) is 19.4 Å². The molecule has 0 saturated heterocycles. The summed E-state index contributed by atoms with van der Waals surface area (Å²) in [5.41, 5.74) is 2.43. The molecule has 5 nitrogen and oxygen atoms in total. The summed E-state index contributed by atoms with van der Waals surface area (Å²) < 4.78 is 3.91. The highest BCUT2D eigenvalue weighted by molar-refractivity contribution is 5.05. The smallest absolute Gasteiger partial charge is 0.0534 e. The van der Waals surface area contributed by atoms with E-state index >= 15 is 0 Å². The van der Waals surface area contributed by atoms with E-state index in [0.717, 1.165) is 19.5 Å². The Labute approximate surface area is 108 Å². The third-order valence-electron chi connectivity index (χ3n) is 3.15. The minimum atomic E-state index is 0.454. The van der Waals surface area contributed by atoms with Crippen LogP contribution in [-0.2, 0) is 20.1 Å². The normalized spacial score (nSPS) is 12.8. The van der Waals surface area contributed by atoms with Crippen LogP contribution in [0.2, 0.25) is 0 Å². The fourth-order valence-corrected chi connectivity index (χ4v) is 1.95. The predicted molar refractivity (Wildman–Crippen MR) is 71.0 cm³/mol. The minimum Gasteiger partial charge on any atom is -0.307 e. The molecule has 98 valence electrons. The third-order valence-corrected chi connectivity index (χ3v) is 3.15. The molecule has 1 N–H and O–H groups in total. The number of aryl methyl sites for hydroxylation is 1. The fourth-order valence-electron chi connectivity index (χ4n) is 1.95. The molecule has 0 spiro atoms. The van der Waals surface area contributed by atoms with Gasteiger partial charge in [0.15, 0.2) is 0 Å². The number of hydrogen-bond acceptors (Lipinski definition) is 3. The maximum absolute atomic E-state index is 4.38. The Hall–Kier alpha value is -1.62. The standard InChI is InChI=1S/C13H21N5/c1-4-11(2)18-13(5-6-15-18)9-14-7-12-8-16-17(3)10-12/h5-6,8,10-11,14H,4,7,9H2,1-3H3. The van der Waals surface area contributed by atoms with Gasteiger partial charge in [0.1, 0.15) is 0 Å². The van der Waals surface area contributed by atoms with Crippen LogP contribution in [0.1, 0.15) is 37.6 Å². The number of aromatic nitrogens is 4. The van der Waals surface area contributed by atoms with E-state index in [4.69, 9.17) is 0 Å². The third kappa shape index (κ3) is 2.98. The summed E-state index contributed by atoms with van der Waals surface area (Å²) in [6.07, 6.45) is 6.88. The van der Waals surface area contributed by atoms with Gasteiger partial charge in [-0.15, -0.1) is 0 Å². The molecule has 0 aliphatic carbocycles. The second-order valence-electron chi connectivity index (χ2n) is 4.65. The molecular formula is C13H21N5. The van der Waals surface area contributed by atoms with Gasteiger partial charge in [0.05, 0.1) is 11.9 Å². The van der Waals surface area contributed by atoms with E-state index < -0.39 is 0 Å². The molecule has 0 fully saturated rings. The second kappa shape index (κ2) is 5.82. The summed E-state index contributed by atoms with van der Waals surface area (Å²) in [6.45, 7) is 6.04. The SMILES string of the molecule is CCC(C)n1nccc1CNCc1cnn(C)c1. The lowest BCUT2D eigenvalue weighted by Gasteiger charge is -2.13. The summed E-state index contributed by atoms with van der Waals surface area (Å²) in [4.78, 5) is 0. The molecule has 0 aromatic carbocycles. The lowest BCUT2D eigenvalue weighted by atomic mass is 10.2. The first-order chi connectivity index (χ1) is 8.70. The van der Waals surface area contributed by atoms with Crippen molar-refractivity contribution in [3.63, 3.8) is 0 Å². The summed E-state index contributed by atoms with van der Waals surface area (Å²) in [7, 11) is 1.93. The van der Waals surface area contributed by atoms with E-state index in [1.165, 1.54) is 11.3 Å². The van der Waals surface area contributed by atoms with Gasteiger partial charge in [0.2, 0.25) is 0 Å². The molecule has 0 radical (unpaired) electrons. The zero-order valence-corrected chi connectivity index (χ0v) is 11.3.